The van der Waals surface area contributed by atoms with E-state index in [2.05, 4.69) is 5.32 Å². The Labute approximate surface area is 164 Å². The van der Waals surface area contributed by atoms with Crippen LogP contribution in [-0.4, -0.2) is 27.4 Å². The molecule has 1 amide bonds. The van der Waals surface area contributed by atoms with Gasteiger partial charge in [0.2, 0.25) is 0 Å². The normalized spacial score (nSPS) is 23.6. The first-order valence-electron chi connectivity index (χ1n) is 9.50. The van der Waals surface area contributed by atoms with Gasteiger partial charge in [-0.3, -0.25) is 9.10 Å². The summed E-state index contributed by atoms with van der Waals surface area (Å²) in [5.41, 5.74) is 0.255. The summed E-state index contributed by atoms with van der Waals surface area (Å²) in [5.74, 6) is 0.353. The molecule has 3 atom stereocenters. The van der Waals surface area contributed by atoms with Gasteiger partial charge in [0, 0.05) is 18.7 Å². The Bertz CT molecular complexity index is 1010. The lowest BCUT2D eigenvalue weighted by atomic mass is 9.95. The minimum Gasteiger partial charge on any atom is -0.349 e. The lowest BCUT2D eigenvalue weighted by molar-refractivity contribution is 0.0922. The van der Waals surface area contributed by atoms with Crippen molar-refractivity contribution >= 4 is 21.6 Å². The van der Waals surface area contributed by atoms with Crippen LogP contribution in [0.15, 0.2) is 53.4 Å². The molecule has 2 fully saturated rings. The Balaban J connectivity index is 1.56. The van der Waals surface area contributed by atoms with Gasteiger partial charge in [0.15, 0.2) is 0 Å². The number of fused-ring (bicyclic) bond motifs is 2. The molecular weight excluding hydrogens is 379 g/mol. The average molecular weight is 402 g/mol. The quantitative estimate of drug-likeness (QED) is 0.831. The summed E-state index contributed by atoms with van der Waals surface area (Å²) in [6, 6.07) is 11.8. The number of sulfonamides is 1. The SMILES string of the molecule is CN(c1ccccc1F)S(=O)(=O)c1cccc(C(=O)N[C@H]2C[C@H]3CC[C@H]2C3)c1. The number of amides is 1. The van der Waals surface area contributed by atoms with E-state index in [0.29, 0.717) is 17.4 Å². The van der Waals surface area contributed by atoms with Crippen molar-refractivity contribution in [2.75, 3.05) is 11.4 Å². The number of hydrogen-bond acceptors (Lipinski definition) is 3. The van der Waals surface area contributed by atoms with E-state index in [0.717, 1.165) is 17.1 Å². The van der Waals surface area contributed by atoms with Crippen molar-refractivity contribution < 1.29 is 17.6 Å². The van der Waals surface area contributed by atoms with E-state index < -0.39 is 15.8 Å². The second-order valence-corrected chi connectivity index (χ2v) is 9.68. The largest absolute Gasteiger partial charge is 0.349 e. The molecule has 0 aromatic heterocycles. The van der Waals surface area contributed by atoms with Crippen LogP contribution in [0.3, 0.4) is 0 Å². The van der Waals surface area contributed by atoms with Gasteiger partial charge in [0.25, 0.3) is 15.9 Å². The summed E-state index contributed by atoms with van der Waals surface area (Å²) in [7, 11) is -2.69. The standard InChI is InChI=1S/C21H23FN2O3S/c1-24(20-8-3-2-7-18(20)22)28(26,27)17-6-4-5-16(13-17)21(25)23-19-12-14-9-10-15(19)11-14/h2-8,13-15,19H,9-12H2,1H3,(H,23,25)/t14-,15-,19-/m0/s1. The van der Waals surface area contributed by atoms with Crippen LogP contribution in [-0.2, 0) is 10.0 Å². The van der Waals surface area contributed by atoms with Crippen LogP contribution in [0.4, 0.5) is 10.1 Å². The van der Waals surface area contributed by atoms with Gasteiger partial charge in [-0.15, -0.1) is 0 Å². The van der Waals surface area contributed by atoms with Crippen molar-refractivity contribution in [2.45, 2.75) is 36.6 Å². The van der Waals surface area contributed by atoms with E-state index in [1.165, 1.54) is 56.3 Å². The number of halogens is 1. The molecule has 0 saturated heterocycles. The number of rotatable bonds is 5. The fourth-order valence-corrected chi connectivity index (χ4v) is 5.72. The summed E-state index contributed by atoms with van der Waals surface area (Å²) >= 11 is 0. The monoisotopic (exact) mass is 402 g/mol. The first-order chi connectivity index (χ1) is 13.4. The average Bonchev–Trinajstić information content (AvgIpc) is 3.31. The van der Waals surface area contributed by atoms with Gasteiger partial charge in [0.05, 0.1) is 10.6 Å². The molecule has 4 rings (SSSR count). The number of nitrogens with one attached hydrogen (secondary N) is 1. The summed E-state index contributed by atoms with van der Waals surface area (Å²) in [6.07, 6.45) is 4.57. The maximum atomic E-state index is 14.0. The molecule has 0 aliphatic heterocycles. The highest BCUT2D eigenvalue weighted by atomic mass is 32.2. The zero-order chi connectivity index (χ0) is 19.9. The van der Waals surface area contributed by atoms with Crippen molar-refractivity contribution in [3.05, 3.63) is 59.9 Å². The smallest absolute Gasteiger partial charge is 0.264 e. The molecule has 0 heterocycles. The van der Waals surface area contributed by atoms with Crippen LogP contribution < -0.4 is 9.62 Å². The van der Waals surface area contributed by atoms with Gasteiger partial charge >= 0.3 is 0 Å². The topological polar surface area (TPSA) is 66.5 Å². The Morgan fingerprint density at radius 3 is 2.57 bits per heavy atom. The minimum atomic E-state index is -3.99. The van der Waals surface area contributed by atoms with Crippen molar-refractivity contribution in [3.8, 4) is 0 Å². The van der Waals surface area contributed by atoms with Gasteiger partial charge in [-0.05, 0) is 61.4 Å². The molecule has 2 bridgehead atoms. The minimum absolute atomic E-state index is 0.0423. The first kappa shape index (κ1) is 18.9. The molecule has 2 aliphatic rings. The Kier molecular flexibility index (Phi) is 4.87. The molecule has 0 radical (unpaired) electrons. The predicted octanol–water partition coefficient (Wildman–Crippen LogP) is 3.57. The second kappa shape index (κ2) is 7.20. The van der Waals surface area contributed by atoms with Crippen LogP contribution >= 0.6 is 0 Å². The van der Waals surface area contributed by atoms with Gasteiger partial charge in [-0.1, -0.05) is 24.6 Å². The first-order valence-corrected chi connectivity index (χ1v) is 10.9. The van der Waals surface area contributed by atoms with Crippen molar-refractivity contribution in [1.29, 1.82) is 0 Å². The van der Waals surface area contributed by atoms with Crippen LogP contribution in [0.5, 0.6) is 0 Å². The number of para-hydroxylation sites is 1. The third-order valence-electron chi connectivity index (χ3n) is 6.00. The van der Waals surface area contributed by atoms with Crippen LogP contribution in [0, 0.1) is 17.7 Å². The summed E-state index contributed by atoms with van der Waals surface area (Å²) in [5, 5.41) is 3.07. The van der Waals surface area contributed by atoms with Crippen LogP contribution in [0.2, 0.25) is 0 Å². The van der Waals surface area contributed by atoms with Gasteiger partial charge < -0.3 is 5.32 Å². The molecule has 0 spiro atoms. The van der Waals surface area contributed by atoms with Crippen molar-refractivity contribution in [3.63, 3.8) is 0 Å². The molecular formula is C21H23FN2O3S. The van der Waals surface area contributed by atoms with Crippen molar-refractivity contribution in [1.82, 2.24) is 5.32 Å². The predicted molar refractivity (Wildman–Crippen MR) is 105 cm³/mol. The third kappa shape index (κ3) is 3.39. The number of benzene rings is 2. The zero-order valence-electron chi connectivity index (χ0n) is 15.6. The Morgan fingerprint density at radius 2 is 1.89 bits per heavy atom. The zero-order valence-corrected chi connectivity index (χ0v) is 16.5. The maximum absolute atomic E-state index is 14.0. The second-order valence-electron chi connectivity index (χ2n) is 7.71. The molecule has 7 heteroatoms. The number of carbonyl (C=O) groups excluding carboxylic acids is 1. The fourth-order valence-electron chi connectivity index (χ4n) is 4.47. The molecule has 2 aromatic carbocycles. The van der Waals surface area contributed by atoms with E-state index in [9.17, 15) is 17.6 Å². The van der Waals surface area contributed by atoms with Crippen LogP contribution in [0.25, 0.3) is 0 Å². The van der Waals surface area contributed by atoms with E-state index in [4.69, 9.17) is 0 Å². The highest BCUT2D eigenvalue weighted by Gasteiger charge is 2.40. The molecule has 28 heavy (non-hydrogen) atoms. The number of hydrogen-bond donors (Lipinski definition) is 1. The molecule has 2 saturated carbocycles. The number of carbonyl (C=O) groups is 1. The lowest BCUT2D eigenvalue weighted by Gasteiger charge is -2.23. The van der Waals surface area contributed by atoms with E-state index >= 15 is 0 Å². The molecule has 148 valence electrons. The highest BCUT2D eigenvalue weighted by molar-refractivity contribution is 7.92. The summed E-state index contributed by atoms with van der Waals surface area (Å²) in [4.78, 5) is 12.6. The van der Waals surface area contributed by atoms with Gasteiger partial charge in [-0.25, -0.2) is 12.8 Å². The highest BCUT2D eigenvalue weighted by Crippen LogP contribution is 2.44. The summed E-state index contributed by atoms with van der Waals surface area (Å²) in [6.45, 7) is 0. The van der Waals surface area contributed by atoms with Gasteiger partial charge in [-0.2, -0.15) is 0 Å². The summed E-state index contributed by atoms with van der Waals surface area (Å²) < 4.78 is 40.8. The number of nitrogens with zero attached hydrogens (tertiary/aromatic N) is 1. The third-order valence-corrected chi connectivity index (χ3v) is 7.77. The van der Waals surface area contributed by atoms with Crippen molar-refractivity contribution in [2.24, 2.45) is 11.8 Å². The molecule has 5 nitrogen and oxygen atoms in total. The Morgan fingerprint density at radius 1 is 1.11 bits per heavy atom. The Hall–Kier alpha value is -2.41. The van der Waals surface area contributed by atoms with E-state index in [1.807, 2.05) is 0 Å². The van der Waals surface area contributed by atoms with Gasteiger partial charge in [0.1, 0.15) is 5.82 Å². The van der Waals surface area contributed by atoms with E-state index in [-0.39, 0.29) is 22.5 Å². The number of anilines is 1. The molecule has 2 aromatic rings. The van der Waals surface area contributed by atoms with E-state index in [1.54, 1.807) is 12.1 Å². The molecule has 0 unspecified atom stereocenters. The fraction of sp³-hybridized carbons (Fsp3) is 0.381. The molecule has 2 aliphatic carbocycles. The van der Waals surface area contributed by atoms with Crippen LogP contribution in [0.1, 0.15) is 36.0 Å². The maximum Gasteiger partial charge on any atom is 0.264 e. The lowest BCUT2D eigenvalue weighted by Crippen LogP contribution is -2.38. The molecule has 1 N–H and O–H groups in total.